The SMILES string of the molecule is OCCCCCC(O)OCCOCCO. The van der Waals surface area contributed by atoms with Gasteiger partial charge in [-0.05, 0) is 19.3 Å². The Morgan fingerprint density at radius 3 is 2.33 bits per heavy atom. The predicted molar refractivity (Wildman–Crippen MR) is 55.4 cm³/mol. The first-order chi connectivity index (χ1) is 7.31. The second-order valence-electron chi connectivity index (χ2n) is 3.23. The molecule has 1 unspecified atom stereocenters. The fraction of sp³-hybridized carbons (Fsp3) is 1.00. The summed E-state index contributed by atoms with van der Waals surface area (Å²) >= 11 is 0. The summed E-state index contributed by atoms with van der Waals surface area (Å²) in [5, 5.41) is 26.2. The maximum Gasteiger partial charge on any atom is 0.154 e. The van der Waals surface area contributed by atoms with Crippen molar-refractivity contribution in [1.82, 2.24) is 0 Å². The largest absolute Gasteiger partial charge is 0.396 e. The van der Waals surface area contributed by atoms with E-state index in [1.807, 2.05) is 0 Å². The predicted octanol–water partition coefficient (Wildman–Crippen LogP) is -0.117. The van der Waals surface area contributed by atoms with Gasteiger partial charge in [0.25, 0.3) is 0 Å². The first-order valence-electron chi connectivity index (χ1n) is 5.40. The molecule has 0 aromatic rings. The lowest BCUT2D eigenvalue weighted by atomic mass is 10.2. The molecular formula is C10H22O5. The third-order valence-corrected chi connectivity index (χ3v) is 1.88. The zero-order valence-corrected chi connectivity index (χ0v) is 9.10. The maximum absolute atomic E-state index is 9.32. The molecular weight excluding hydrogens is 200 g/mol. The molecule has 0 bridgehead atoms. The molecule has 0 aliphatic heterocycles. The van der Waals surface area contributed by atoms with Crippen molar-refractivity contribution in [3.8, 4) is 0 Å². The summed E-state index contributed by atoms with van der Waals surface area (Å²) in [6.45, 7) is 1.22. The summed E-state index contributed by atoms with van der Waals surface area (Å²) in [6.07, 6.45) is 2.35. The third-order valence-electron chi connectivity index (χ3n) is 1.88. The van der Waals surface area contributed by atoms with Crippen LogP contribution < -0.4 is 0 Å². The number of aliphatic hydroxyl groups is 3. The molecule has 0 saturated heterocycles. The van der Waals surface area contributed by atoms with E-state index in [0.29, 0.717) is 26.2 Å². The second kappa shape index (κ2) is 11.9. The molecule has 15 heavy (non-hydrogen) atoms. The summed E-state index contributed by atoms with van der Waals surface area (Å²) in [6, 6.07) is 0. The van der Waals surface area contributed by atoms with E-state index < -0.39 is 6.29 Å². The molecule has 92 valence electrons. The van der Waals surface area contributed by atoms with Crippen molar-refractivity contribution in [2.24, 2.45) is 0 Å². The zero-order chi connectivity index (χ0) is 11.4. The maximum atomic E-state index is 9.32. The van der Waals surface area contributed by atoms with Crippen LogP contribution in [-0.2, 0) is 9.47 Å². The molecule has 1 atom stereocenters. The number of ether oxygens (including phenoxy) is 2. The van der Waals surface area contributed by atoms with Gasteiger partial charge in [-0.15, -0.1) is 0 Å². The number of hydrogen-bond acceptors (Lipinski definition) is 5. The van der Waals surface area contributed by atoms with Gasteiger partial charge < -0.3 is 24.8 Å². The van der Waals surface area contributed by atoms with Crippen LogP contribution in [0.4, 0.5) is 0 Å². The van der Waals surface area contributed by atoms with Crippen LogP contribution in [0, 0.1) is 0 Å². The van der Waals surface area contributed by atoms with Gasteiger partial charge in [0, 0.05) is 6.61 Å². The Labute approximate surface area is 90.6 Å². The highest BCUT2D eigenvalue weighted by Crippen LogP contribution is 2.04. The Morgan fingerprint density at radius 1 is 0.867 bits per heavy atom. The average molecular weight is 222 g/mol. The number of unbranched alkanes of at least 4 members (excludes halogenated alkanes) is 2. The Balaban J connectivity index is 3.08. The number of aliphatic hydroxyl groups excluding tert-OH is 3. The smallest absolute Gasteiger partial charge is 0.154 e. The van der Waals surface area contributed by atoms with Crippen molar-refractivity contribution in [1.29, 1.82) is 0 Å². The lowest BCUT2D eigenvalue weighted by Gasteiger charge is -2.11. The highest BCUT2D eigenvalue weighted by atomic mass is 16.6. The summed E-state index contributed by atoms with van der Waals surface area (Å²) < 4.78 is 10.0. The van der Waals surface area contributed by atoms with Gasteiger partial charge >= 0.3 is 0 Å². The third kappa shape index (κ3) is 11.7. The molecule has 5 heteroatoms. The van der Waals surface area contributed by atoms with E-state index in [9.17, 15) is 5.11 Å². The summed E-state index contributed by atoms with van der Waals surface area (Å²) in [4.78, 5) is 0. The minimum absolute atomic E-state index is 0.00368. The van der Waals surface area contributed by atoms with Crippen molar-refractivity contribution in [3.05, 3.63) is 0 Å². The molecule has 0 fully saturated rings. The lowest BCUT2D eigenvalue weighted by molar-refractivity contribution is -0.117. The van der Waals surface area contributed by atoms with E-state index in [2.05, 4.69) is 0 Å². The van der Waals surface area contributed by atoms with E-state index in [0.717, 1.165) is 19.3 Å². The first-order valence-corrected chi connectivity index (χ1v) is 5.40. The van der Waals surface area contributed by atoms with Crippen molar-refractivity contribution in [3.63, 3.8) is 0 Å². The molecule has 3 N–H and O–H groups in total. The highest BCUT2D eigenvalue weighted by molar-refractivity contribution is 4.45. The quantitative estimate of drug-likeness (QED) is 0.335. The molecule has 0 aliphatic carbocycles. The average Bonchev–Trinajstić information content (AvgIpc) is 2.24. The fourth-order valence-corrected chi connectivity index (χ4v) is 1.10. The van der Waals surface area contributed by atoms with Gasteiger partial charge in [-0.3, -0.25) is 0 Å². The topological polar surface area (TPSA) is 79.2 Å². The molecule has 0 aliphatic rings. The van der Waals surface area contributed by atoms with Gasteiger partial charge in [0.05, 0.1) is 26.4 Å². The van der Waals surface area contributed by atoms with Crippen LogP contribution in [-0.4, -0.2) is 54.6 Å². The Kier molecular flexibility index (Phi) is 11.7. The highest BCUT2D eigenvalue weighted by Gasteiger charge is 2.02. The van der Waals surface area contributed by atoms with Gasteiger partial charge in [0.15, 0.2) is 6.29 Å². The zero-order valence-electron chi connectivity index (χ0n) is 9.10. The van der Waals surface area contributed by atoms with Crippen LogP contribution in [0.15, 0.2) is 0 Å². The van der Waals surface area contributed by atoms with Crippen LogP contribution in [0.2, 0.25) is 0 Å². The molecule has 5 nitrogen and oxygen atoms in total. The van der Waals surface area contributed by atoms with Gasteiger partial charge in [0.1, 0.15) is 0 Å². The summed E-state index contributed by atoms with van der Waals surface area (Å²) in [7, 11) is 0. The van der Waals surface area contributed by atoms with E-state index in [-0.39, 0.29) is 13.2 Å². The molecule has 0 saturated carbocycles. The van der Waals surface area contributed by atoms with Crippen molar-refractivity contribution in [2.75, 3.05) is 33.0 Å². The molecule has 0 heterocycles. The van der Waals surface area contributed by atoms with Crippen molar-refractivity contribution in [2.45, 2.75) is 32.0 Å². The monoisotopic (exact) mass is 222 g/mol. The van der Waals surface area contributed by atoms with E-state index >= 15 is 0 Å². The Bertz CT molecular complexity index is 120. The van der Waals surface area contributed by atoms with Gasteiger partial charge in [0.2, 0.25) is 0 Å². The van der Waals surface area contributed by atoms with Crippen molar-refractivity contribution >= 4 is 0 Å². The van der Waals surface area contributed by atoms with Gasteiger partial charge in [-0.25, -0.2) is 0 Å². The Hall–Kier alpha value is -0.200. The molecule has 0 rings (SSSR count). The first kappa shape index (κ1) is 14.8. The number of rotatable bonds is 11. The van der Waals surface area contributed by atoms with Crippen molar-refractivity contribution < 1.29 is 24.8 Å². The van der Waals surface area contributed by atoms with Crippen LogP contribution in [0.1, 0.15) is 25.7 Å². The van der Waals surface area contributed by atoms with Crippen LogP contribution >= 0.6 is 0 Å². The second-order valence-corrected chi connectivity index (χ2v) is 3.23. The van der Waals surface area contributed by atoms with Gasteiger partial charge in [-0.1, -0.05) is 6.42 Å². The van der Waals surface area contributed by atoms with Crippen LogP contribution in [0.25, 0.3) is 0 Å². The minimum atomic E-state index is -0.749. The van der Waals surface area contributed by atoms with E-state index in [4.69, 9.17) is 19.7 Å². The summed E-state index contributed by atoms with van der Waals surface area (Å²) in [5.74, 6) is 0. The Morgan fingerprint density at radius 2 is 1.67 bits per heavy atom. The fourth-order valence-electron chi connectivity index (χ4n) is 1.10. The molecule has 0 aromatic carbocycles. The minimum Gasteiger partial charge on any atom is -0.396 e. The standard InChI is InChI=1S/C10H22O5/c11-5-3-1-2-4-10(13)15-9-8-14-7-6-12/h10-13H,1-9H2. The molecule has 0 radical (unpaired) electrons. The van der Waals surface area contributed by atoms with Crippen LogP contribution in [0.3, 0.4) is 0 Å². The molecule has 0 aromatic heterocycles. The summed E-state index contributed by atoms with van der Waals surface area (Å²) in [5.41, 5.74) is 0. The molecule has 0 spiro atoms. The normalized spacial score (nSPS) is 13.0. The van der Waals surface area contributed by atoms with Crippen LogP contribution in [0.5, 0.6) is 0 Å². The van der Waals surface area contributed by atoms with E-state index in [1.165, 1.54) is 0 Å². The van der Waals surface area contributed by atoms with Gasteiger partial charge in [-0.2, -0.15) is 0 Å². The lowest BCUT2D eigenvalue weighted by Crippen LogP contribution is -2.16. The molecule has 0 amide bonds. The number of hydrogen-bond donors (Lipinski definition) is 3. The van der Waals surface area contributed by atoms with E-state index in [1.54, 1.807) is 0 Å².